The van der Waals surface area contributed by atoms with Crippen LogP contribution in [0, 0.1) is 5.92 Å². The lowest BCUT2D eigenvalue weighted by Gasteiger charge is -2.49. The van der Waals surface area contributed by atoms with Crippen molar-refractivity contribution in [1.82, 2.24) is 10.2 Å². The molecule has 0 radical (unpaired) electrons. The largest absolute Gasteiger partial charge is 0.365 e. The molecule has 154 valence electrons. The number of carbonyl (C=O) groups is 1. The van der Waals surface area contributed by atoms with Crippen LogP contribution in [-0.2, 0) is 17.6 Å². The van der Waals surface area contributed by atoms with Crippen LogP contribution >= 0.6 is 0 Å². The van der Waals surface area contributed by atoms with Crippen LogP contribution in [0.25, 0.3) is 0 Å². The van der Waals surface area contributed by atoms with Gasteiger partial charge >= 0.3 is 0 Å². The topological polar surface area (TPSA) is 35.6 Å². The van der Waals surface area contributed by atoms with E-state index in [-0.39, 0.29) is 23.9 Å². The molecule has 2 aliphatic heterocycles. The second kappa shape index (κ2) is 9.00. The molecule has 1 N–H and O–H groups in total. The standard InChI is InChI=1S/C25H33N3O/c1-3-19(2)26-25(29)22-17-21-11-7-8-12-23(21)28-16-15-27(18-24(22)28)14-13-20-9-5-4-6-10-20/h4-12,19,22,24H,3,13-18H2,1-2H3,(H,26,29). The zero-order valence-electron chi connectivity index (χ0n) is 17.7. The van der Waals surface area contributed by atoms with Crippen LogP contribution in [0.1, 0.15) is 31.4 Å². The third kappa shape index (κ3) is 4.48. The quantitative estimate of drug-likeness (QED) is 0.819. The Morgan fingerprint density at radius 3 is 2.66 bits per heavy atom. The molecule has 1 amide bonds. The maximum Gasteiger partial charge on any atom is 0.225 e. The fraction of sp³-hybridized carbons (Fsp3) is 0.480. The van der Waals surface area contributed by atoms with Crippen molar-refractivity contribution in [3.63, 3.8) is 0 Å². The SMILES string of the molecule is CCC(C)NC(=O)C1Cc2ccccc2N2CCN(CCc3ccccc3)CC12. The number of nitrogens with one attached hydrogen (secondary N) is 1. The van der Waals surface area contributed by atoms with Gasteiger partial charge in [0.15, 0.2) is 0 Å². The van der Waals surface area contributed by atoms with Crippen molar-refractivity contribution in [2.45, 2.75) is 45.2 Å². The van der Waals surface area contributed by atoms with E-state index in [1.165, 1.54) is 16.8 Å². The van der Waals surface area contributed by atoms with Gasteiger partial charge in [0.25, 0.3) is 0 Å². The Morgan fingerprint density at radius 1 is 1.10 bits per heavy atom. The van der Waals surface area contributed by atoms with Crippen molar-refractivity contribution in [3.8, 4) is 0 Å². The molecule has 1 fully saturated rings. The maximum atomic E-state index is 13.2. The Balaban J connectivity index is 1.50. The highest BCUT2D eigenvalue weighted by Gasteiger charge is 2.41. The molecular formula is C25H33N3O. The lowest BCUT2D eigenvalue weighted by atomic mass is 9.83. The van der Waals surface area contributed by atoms with Crippen molar-refractivity contribution >= 4 is 11.6 Å². The lowest BCUT2D eigenvalue weighted by molar-refractivity contribution is -0.126. The fourth-order valence-electron chi connectivity index (χ4n) is 4.70. The number of rotatable bonds is 6. The molecule has 0 spiro atoms. The summed E-state index contributed by atoms with van der Waals surface area (Å²) in [4.78, 5) is 18.2. The summed E-state index contributed by atoms with van der Waals surface area (Å²) < 4.78 is 0. The molecule has 2 aromatic rings. The van der Waals surface area contributed by atoms with E-state index in [1.54, 1.807) is 0 Å². The van der Waals surface area contributed by atoms with E-state index < -0.39 is 0 Å². The number of para-hydroxylation sites is 1. The molecule has 4 rings (SSSR count). The first kappa shape index (κ1) is 20.0. The number of piperazine rings is 1. The van der Waals surface area contributed by atoms with E-state index in [9.17, 15) is 4.79 Å². The first-order chi connectivity index (χ1) is 14.2. The van der Waals surface area contributed by atoms with Gasteiger partial charge in [-0.3, -0.25) is 9.69 Å². The average Bonchev–Trinajstić information content (AvgIpc) is 2.77. The minimum atomic E-state index is 0.0124. The van der Waals surface area contributed by atoms with E-state index in [0.29, 0.717) is 0 Å². The minimum Gasteiger partial charge on any atom is -0.365 e. The second-order valence-corrected chi connectivity index (χ2v) is 8.55. The highest BCUT2D eigenvalue weighted by atomic mass is 16.2. The van der Waals surface area contributed by atoms with Crippen LogP contribution in [0.3, 0.4) is 0 Å². The van der Waals surface area contributed by atoms with Gasteiger partial charge < -0.3 is 10.2 Å². The highest BCUT2D eigenvalue weighted by Crippen LogP contribution is 2.36. The first-order valence-electron chi connectivity index (χ1n) is 11.1. The van der Waals surface area contributed by atoms with Crippen molar-refractivity contribution in [2.24, 2.45) is 5.92 Å². The molecule has 2 aromatic carbocycles. The lowest BCUT2D eigenvalue weighted by Crippen LogP contribution is -2.61. The van der Waals surface area contributed by atoms with Gasteiger partial charge in [0.2, 0.25) is 5.91 Å². The molecule has 0 aromatic heterocycles. The predicted molar refractivity (Wildman–Crippen MR) is 119 cm³/mol. The number of anilines is 1. The summed E-state index contributed by atoms with van der Waals surface area (Å²) in [6, 6.07) is 19.8. The summed E-state index contributed by atoms with van der Waals surface area (Å²) in [7, 11) is 0. The van der Waals surface area contributed by atoms with Gasteiger partial charge in [-0.25, -0.2) is 0 Å². The number of nitrogens with zero attached hydrogens (tertiary/aromatic N) is 2. The Kier molecular flexibility index (Phi) is 6.19. The normalized spacial score (nSPS) is 22.5. The Morgan fingerprint density at radius 2 is 1.86 bits per heavy atom. The number of hydrogen-bond acceptors (Lipinski definition) is 3. The first-order valence-corrected chi connectivity index (χ1v) is 11.1. The molecule has 4 heteroatoms. The molecule has 2 heterocycles. The van der Waals surface area contributed by atoms with Crippen LogP contribution in [0.15, 0.2) is 54.6 Å². The van der Waals surface area contributed by atoms with Crippen LogP contribution < -0.4 is 10.2 Å². The average molecular weight is 392 g/mol. The second-order valence-electron chi connectivity index (χ2n) is 8.55. The molecule has 3 unspecified atom stereocenters. The summed E-state index contributed by atoms with van der Waals surface area (Å²) in [6.07, 6.45) is 2.87. The van der Waals surface area contributed by atoms with Gasteiger partial charge in [0, 0.05) is 37.9 Å². The van der Waals surface area contributed by atoms with Crippen molar-refractivity contribution in [3.05, 3.63) is 65.7 Å². The summed E-state index contributed by atoms with van der Waals surface area (Å²) >= 11 is 0. The molecule has 1 saturated heterocycles. The molecule has 4 nitrogen and oxygen atoms in total. The van der Waals surface area contributed by atoms with E-state index in [1.807, 2.05) is 0 Å². The molecule has 29 heavy (non-hydrogen) atoms. The highest BCUT2D eigenvalue weighted by molar-refractivity contribution is 5.82. The van der Waals surface area contributed by atoms with E-state index in [4.69, 9.17) is 0 Å². The maximum absolute atomic E-state index is 13.2. The van der Waals surface area contributed by atoms with Crippen LogP contribution in [0.2, 0.25) is 0 Å². The van der Waals surface area contributed by atoms with E-state index >= 15 is 0 Å². The van der Waals surface area contributed by atoms with Gasteiger partial charge in [-0.1, -0.05) is 55.5 Å². The predicted octanol–water partition coefficient (Wildman–Crippen LogP) is 3.51. The van der Waals surface area contributed by atoms with E-state index in [2.05, 4.69) is 83.6 Å². The van der Waals surface area contributed by atoms with Crippen molar-refractivity contribution < 1.29 is 4.79 Å². The van der Waals surface area contributed by atoms with Crippen molar-refractivity contribution in [2.75, 3.05) is 31.1 Å². The van der Waals surface area contributed by atoms with Gasteiger partial charge in [0.05, 0.1) is 12.0 Å². The Hall–Kier alpha value is -2.33. The van der Waals surface area contributed by atoms with Gasteiger partial charge in [0.1, 0.15) is 0 Å². The number of hydrogen-bond donors (Lipinski definition) is 1. The fourth-order valence-corrected chi connectivity index (χ4v) is 4.70. The molecular weight excluding hydrogens is 358 g/mol. The molecule has 0 aliphatic carbocycles. The molecule has 0 saturated carbocycles. The van der Waals surface area contributed by atoms with Crippen LogP contribution in [0.5, 0.6) is 0 Å². The van der Waals surface area contributed by atoms with Gasteiger partial charge in [-0.2, -0.15) is 0 Å². The summed E-state index contributed by atoms with van der Waals surface area (Å²) in [5, 5.41) is 3.25. The number of benzene rings is 2. The Labute approximate surface area is 174 Å². The van der Waals surface area contributed by atoms with Crippen LogP contribution in [0.4, 0.5) is 5.69 Å². The minimum absolute atomic E-state index is 0.0124. The summed E-state index contributed by atoms with van der Waals surface area (Å²) in [6.45, 7) is 8.27. The molecule has 0 bridgehead atoms. The van der Waals surface area contributed by atoms with Crippen molar-refractivity contribution in [1.29, 1.82) is 0 Å². The summed E-state index contributed by atoms with van der Waals surface area (Å²) in [5.41, 5.74) is 4.02. The third-order valence-electron chi connectivity index (χ3n) is 6.61. The van der Waals surface area contributed by atoms with E-state index in [0.717, 1.165) is 45.4 Å². The zero-order valence-corrected chi connectivity index (χ0v) is 17.7. The summed E-state index contributed by atoms with van der Waals surface area (Å²) in [5.74, 6) is 0.229. The third-order valence-corrected chi connectivity index (χ3v) is 6.61. The van der Waals surface area contributed by atoms with Gasteiger partial charge in [-0.15, -0.1) is 0 Å². The molecule has 3 atom stereocenters. The number of carbonyl (C=O) groups excluding carboxylic acids is 1. The molecule has 2 aliphatic rings. The smallest absolute Gasteiger partial charge is 0.225 e. The van der Waals surface area contributed by atoms with Gasteiger partial charge in [-0.05, 0) is 43.4 Å². The Bertz CT molecular complexity index is 822. The monoisotopic (exact) mass is 391 g/mol. The number of amides is 1. The van der Waals surface area contributed by atoms with Crippen LogP contribution in [-0.4, -0.2) is 49.1 Å². The zero-order chi connectivity index (χ0) is 20.2. The number of fused-ring (bicyclic) bond motifs is 3.